The van der Waals surface area contributed by atoms with Crippen LogP contribution in [0.4, 0.5) is 0 Å². The largest absolute Gasteiger partial charge is 0.507 e. The quantitative estimate of drug-likeness (QED) is 0.159. The van der Waals surface area contributed by atoms with E-state index in [0.29, 0.717) is 47.9 Å². The van der Waals surface area contributed by atoms with Crippen LogP contribution < -0.4 is 14.2 Å². The van der Waals surface area contributed by atoms with Gasteiger partial charge in [-0.05, 0) is 41.8 Å². The predicted octanol–water partition coefficient (Wildman–Crippen LogP) is 4.99. The number of carbonyl (C=O) groups excluding carboxylic acids is 2. The van der Waals surface area contributed by atoms with Gasteiger partial charge in [0.1, 0.15) is 18.1 Å². The number of likely N-dealkylation sites (tertiary alicyclic amines) is 1. The highest BCUT2D eigenvalue weighted by Crippen LogP contribution is 2.42. The highest BCUT2D eigenvalue weighted by atomic mass is 16.5. The molecule has 0 radical (unpaired) electrons. The number of aryl methyl sites for hydroxylation is 1. The van der Waals surface area contributed by atoms with Gasteiger partial charge in [0.05, 0.1) is 32.2 Å². The summed E-state index contributed by atoms with van der Waals surface area (Å²) in [6.45, 7) is 1.25. The number of ketones is 1. The van der Waals surface area contributed by atoms with E-state index >= 15 is 0 Å². The maximum Gasteiger partial charge on any atom is 0.295 e. The average molecular weight is 554 g/mol. The Hall–Kier alpha value is -5.05. The molecule has 9 heteroatoms. The summed E-state index contributed by atoms with van der Waals surface area (Å²) in [4.78, 5) is 32.4. The molecule has 2 heterocycles. The number of nitrogens with zero attached hydrogens (tertiary/aromatic N) is 3. The normalized spacial score (nSPS) is 16.1. The van der Waals surface area contributed by atoms with Crippen molar-refractivity contribution in [2.24, 2.45) is 0 Å². The van der Waals surface area contributed by atoms with E-state index in [1.165, 1.54) is 19.1 Å². The van der Waals surface area contributed by atoms with E-state index in [9.17, 15) is 14.7 Å². The van der Waals surface area contributed by atoms with E-state index in [-0.39, 0.29) is 17.9 Å². The number of Topliss-reactive ketones (excluding diaryl/α,β-unsaturated/α-hetero) is 1. The van der Waals surface area contributed by atoms with Crippen molar-refractivity contribution in [2.45, 2.75) is 25.6 Å². The van der Waals surface area contributed by atoms with Crippen molar-refractivity contribution < 1.29 is 28.9 Å². The Labute approximate surface area is 238 Å². The number of benzene rings is 3. The molecule has 9 nitrogen and oxygen atoms in total. The summed E-state index contributed by atoms with van der Waals surface area (Å²) in [6, 6.07) is 21.0. The van der Waals surface area contributed by atoms with Crippen molar-refractivity contribution >= 4 is 17.4 Å². The zero-order valence-electron chi connectivity index (χ0n) is 22.9. The number of hydrogen-bond acceptors (Lipinski definition) is 7. The molecule has 1 aromatic heterocycles. The van der Waals surface area contributed by atoms with Gasteiger partial charge in [0.25, 0.3) is 11.7 Å². The number of ether oxygens (including phenoxy) is 3. The number of aliphatic hydroxyl groups is 1. The second-order valence-electron chi connectivity index (χ2n) is 9.56. The number of methoxy groups -OCH3 is 2. The molecule has 4 aromatic rings. The van der Waals surface area contributed by atoms with Crippen LogP contribution in [0.3, 0.4) is 0 Å². The molecule has 0 saturated carbocycles. The van der Waals surface area contributed by atoms with E-state index in [1.807, 2.05) is 41.1 Å². The second kappa shape index (κ2) is 12.4. The van der Waals surface area contributed by atoms with Crippen molar-refractivity contribution in [3.05, 3.63) is 114 Å². The van der Waals surface area contributed by atoms with Crippen molar-refractivity contribution in [2.75, 3.05) is 20.8 Å². The molecule has 1 aliphatic rings. The summed E-state index contributed by atoms with van der Waals surface area (Å²) in [5.74, 6) is -0.210. The lowest BCUT2D eigenvalue weighted by atomic mass is 9.95. The summed E-state index contributed by atoms with van der Waals surface area (Å²) >= 11 is 0. The van der Waals surface area contributed by atoms with E-state index in [1.54, 1.807) is 55.0 Å². The topological polar surface area (TPSA) is 103 Å². The van der Waals surface area contributed by atoms with Gasteiger partial charge >= 0.3 is 0 Å². The predicted molar refractivity (Wildman–Crippen MR) is 153 cm³/mol. The fourth-order valence-electron chi connectivity index (χ4n) is 4.93. The van der Waals surface area contributed by atoms with Gasteiger partial charge in [-0.25, -0.2) is 4.98 Å². The minimum Gasteiger partial charge on any atom is -0.507 e. The lowest BCUT2D eigenvalue weighted by Crippen LogP contribution is -2.31. The van der Waals surface area contributed by atoms with E-state index < -0.39 is 17.7 Å². The Balaban J connectivity index is 1.51. The highest BCUT2D eigenvalue weighted by molar-refractivity contribution is 6.46. The number of hydrogen-bond donors (Lipinski definition) is 1. The molecule has 1 aliphatic heterocycles. The molecule has 0 bridgehead atoms. The van der Waals surface area contributed by atoms with Crippen molar-refractivity contribution in [3.8, 4) is 17.2 Å². The third-order valence-electron chi connectivity index (χ3n) is 7.00. The Bertz CT molecular complexity index is 1550. The molecule has 3 aromatic carbocycles. The number of imidazole rings is 1. The second-order valence-corrected chi connectivity index (χ2v) is 9.56. The van der Waals surface area contributed by atoms with Crippen LogP contribution in [0.1, 0.15) is 29.2 Å². The number of aliphatic hydroxyl groups excluding tert-OH is 1. The van der Waals surface area contributed by atoms with Crippen LogP contribution in [0.25, 0.3) is 5.76 Å². The summed E-state index contributed by atoms with van der Waals surface area (Å²) in [5, 5.41) is 11.4. The first kappa shape index (κ1) is 27.5. The lowest BCUT2D eigenvalue weighted by molar-refractivity contribution is -0.139. The maximum atomic E-state index is 13.4. The fraction of sp³-hybridized carbons (Fsp3) is 0.219. The number of aromatic nitrogens is 2. The molecule has 1 saturated heterocycles. The number of rotatable bonds is 11. The summed E-state index contributed by atoms with van der Waals surface area (Å²) < 4.78 is 18.9. The first-order chi connectivity index (χ1) is 20.0. The molecule has 1 unspecified atom stereocenters. The molecule has 5 rings (SSSR count). The summed E-state index contributed by atoms with van der Waals surface area (Å²) in [6.07, 6.45) is 5.81. The fourth-order valence-corrected chi connectivity index (χ4v) is 4.93. The standard InChI is InChI=1S/C32H31N3O6/c1-39-25-11-6-10-24(18-25)30(36)28-29(35(32(38)31(28)37)16-7-15-34-17-14-33-21-34)23-12-13-26(27(19-23)40-2)41-20-22-8-4-3-5-9-22/h3-6,8-14,17-19,21,29,36H,7,15-16,20H2,1-2H3. The van der Waals surface area contributed by atoms with Crippen LogP contribution in [0.2, 0.25) is 0 Å². The molecular formula is C32H31N3O6. The number of amides is 1. The highest BCUT2D eigenvalue weighted by Gasteiger charge is 2.46. The van der Waals surface area contributed by atoms with Crippen LogP contribution in [-0.4, -0.2) is 52.0 Å². The van der Waals surface area contributed by atoms with Gasteiger partial charge in [-0.3, -0.25) is 9.59 Å². The van der Waals surface area contributed by atoms with E-state index in [0.717, 1.165) is 5.56 Å². The Morgan fingerprint density at radius 1 is 0.927 bits per heavy atom. The Morgan fingerprint density at radius 2 is 1.76 bits per heavy atom. The summed E-state index contributed by atoms with van der Waals surface area (Å²) in [7, 11) is 3.05. The Morgan fingerprint density at radius 3 is 2.49 bits per heavy atom. The van der Waals surface area contributed by atoms with Crippen LogP contribution in [0, 0.1) is 0 Å². The molecule has 1 fully saturated rings. The smallest absolute Gasteiger partial charge is 0.295 e. The van der Waals surface area contributed by atoms with Crippen LogP contribution in [0.15, 0.2) is 97.1 Å². The van der Waals surface area contributed by atoms with Gasteiger partial charge in [-0.1, -0.05) is 48.5 Å². The molecule has 1 N–H and O–H groups in total. The summed E-state index contributed by atoms with van der Waals surface area (Å²) in [5.41, 5.74) is 2.00. The lowest BCUT2D eigenvalue weighted by Gasteiger charge is -2.26. The zero-order valence-corrected chi connectivity index (χ0v) is 22.9. The van der Waals surface area contributed by atoms with Gasteiger partial charge in [0.2, 0.25) is 0 Å². The first-order valence-electron chi connectivity index (χ1n) is 13.2. The van der Waals surface area contributed by atoms with Gasteiger partial charge in [0, 0.05) is 31.0 Å². The molecule has 0 aliphatic carbocycles. The monoisotopic (exact) mass is 553 g/mol. The van der Waals surface area contributed by atoms with E-state index in [4.69, 9.17) is 14.2 Å². The van der Waals surface area contributed by atoms with E-state index in [2.05, 4.69) is 4.98 Å². The van der Waals surface area contributed by atoms with Crippen molar-refractivity contribution in [1.29, 1.82) is 0 Å². The van der Waals surface area contributed by atoms with Gasteiger partial charge in [-0.15, -0.1) is 0 Å². The van der Waals surface area contributed by atoms with Crippen LogP contribution in [-0.2, 0) is 22.7 Å². The molecule has 210 valence electrons. The first-order valence-corrected chi connectivity index (χ1v) is 13.2. The third-order valence-corrected chi connectivity index (χ3v) is 7.00. The maximum absolute atomic E-state index is 13.4. The Kier molecular flexibility index (Phi) is 8.34. The number of carbonyl (C=O) groups is 2. The zero-order chi connectivity index (χ0) is 28.8. The van der Waals surface area contributed by atoms with Crippen molar-refractivity contribution in [1.82, 2.24) is 14.5 Å². The minimum atomic E-state index is -0.832. The van der Waals surface area contributed by atoms with Crippen molar-refractivity contribution in [3.63, 3.8) is 0 Å². The molecule has 1 atom stereocenters. The average Bonchev–Trinajstić information content (AvgIpc) is 3.62. The molecule has 1 amide bonds. The SMILES string of the molecule is COc1cccc(C(O)=C2C(=O)C(=O)N(CCCn3ccnc3)C2c2ccc(OCc3ccccc3)c(OC)c2)c1. The van der Waals surface area contributed by atoms with Gasteiger partial charge in [-0.2, -0.15) is 0 Å². The van der Waals surface area contributed by atoms with Crippen LogP contribution in [0.5, 0.6) is 17.2 Å². The third kappa shape index (κ3) is 5.94. The van der Waals surface area contributed by atoms with Crippen LogP contribution >= 0.6 is 0 Å². The molecule has 41 heavy (non-hydrogen) atoms. The van der Waals surface area contributed by atoms with Gasteiger partial charge in [0.15, 0.2) is 11.5 Å². The molecule has 0 spiro atoms. The van der Waals surface area contributed by atoms with Gasteiger partial charge < -0.3 is 28.8 Å². The minimum absolute atomic E-state index is 0.00545. The molecular weight excluding hydrogens is 522 g/mol.